The molecule has 0 aliphatic rings. The Bertz CT molecular complexity index is 999. The molecule has 0 aliphatic heterocycles. The van der Waals surface area contributed by atoms with Gasteiger partial charge in [-0.25, -0.2) is 0 Å². The first-order valence-electron chi connectivity index (χ1n) is 7.29. The normalized spacial score (nSPS) is 11.7. The summed E-state index contributed by atoms with van der Waals surface area (Å²) in [5.41, 5.74) is -0.168. The molecule has 0 fully saturated rings. The summed E-state index contributed by atoms with van der Waals surface area (Å²) in [5, 5.41) is 9.30. The van der Waals surface area contributed by atoms with E-state index in [0.29, 0.717) is 11.1 Å². The van der Waals surface area contributed by atoms with E-state index in [-0.39, 0.29) is 22.5 Å². The monoisotopic (exact) mass is 350 g/mol. The fraction of sp³-hybridized carbons (Fsp3) is 0.167. The molecular weight excluding hydrogens is 337 g/mol. The highest BCUT2D eigenvalue weighted by Crippen LogP contribution is 2.39. The summed E-state index contributed by atoms with van der Waals surface area (Å²) >= 11 is 0. The first-order chi connectivity index (χ1) is 11.7. The van der Waals surface area contributed by atoms with E-state index in [1.54, 1.807) is 32.0 Å². The van der Waals surface area contributed by atoms with Gasteiger partial charge in [0.15, 0.2) is 0 Å². The van der Waals surface area contributed by atoms with Crippen LogP contribution in [0.15, 0.2) is 45.6 Å². The van der Waals surface area contributed by atoms with Crippen molar-refractivity contribution in [2.24, 2.45) is 0 Å². The average molecular weight is 350 g/mol. The third-order valence-electron chi connectivity index (χ3n) is 3.70. The zero-order valence-electron chi connectivity index (χ0n) is 13.3. The topological polar surface area (TPSA) is 59.7 Å². The number of benzene rings is 2. The van der Waals surface area contributed by atoms with Crippen molar-refractivity contribution in [2.45, 2.75) is 20.0 Å². The van der Waals surface area contributed by atoms with Crippen molar-refractivity contribution in [1.82, 2.24) is 0 Å². The highest BCUT2D eigenvalue weighted by Gasteiger charge is 2.40. The molecule has 1 heterocycles. The number of phenolic OH excluding ortho intramolecular Hbond substituents is 1. The summed E-state index contributed by atoms with van der Waals surface area (Å²) < 4.78 is 50.4. The number of hydrogen-bond donors (Lipinski definition) is 1. The van der Waals surface area contributed by atoms with E-state index in [1.807, 2.05) is 0 Å². The second kappa shape index (κ2) is 5.84. The van der Waals surface area contributed by atoms with Crippen molar-refractivity contribution in [3.05, 3.63) is 63.5 Å². The summed E-state index contributed by atoms with van der Waals surface area (Å²) in [6, 6.07) is 8.39. The molecule has 4 nitrogen and oxygen atoms in total. The molecule has 0 radical (unpaired) electrons. The maximum absolute atomic E-state index is 13.4. The van der Waals surface area contributed by atoms with Crippen LogP contribution < -0.4 is 10.2 Å². The molecule has 0 unspecified atom stereocenters. The van der Waals surface area contributed by atoms with Gasteiger partial charge in [0.25, 0.3) is 5.76 Å². The minimum absolute atomic E-state index is 0.118. The Morgan fingerprint density at radius 3 is 2.28 bits per heavy atom. The van der Waals surface area contributed by atoms with Crippen LogP contribution >= 0.6 is 0 Å². The highest BCUT2D eigenvalue weighted by atomic mass is 19.4. The number of ether oxygens (including phenoxy) is 1. The SMILES string of the molecule is Cc1cccc(C)c1Oc1c(C(F)(F)F)oc2cc(O)ccc2c1=O. The van der Waals surface area contributed by atoms with Gasteiger partial charge in [-0.3, -0.25) is 4.79 Å². The fourth-order valence-corrected chi connectivity index (χ4v) is 2.51. The van der Waals surface area contributed by atoms with E-state index in [4.69, 9.17) is 9.15 Å². The molecule has 0 atom stereocenters. The highest BCUT2D eigenvalue weighted by molar-refractivity contribution is 5.79. The van der Waals surface area contributed by atoms with Gasteiger partial charge in [-0.2, -0.15) is 13.2 Å². The van der Waals surface area contributed by atoms with Crippen LogP contribution in [0.25, 0.3) is 11.0 Å². The van der Waals surface area contributed by atoms with Crippen LogP contribution in [-0.4, -0.2) is 5.11 Å². The van der Waals surface area contributed by atoms with E-state index in [0.717, 1.165) is 6.07 Å². The standard InChI is InChI=1S/C18H13F3O4/c1-9-4-3-5-10(2)15(9)25-16-14(23)12-7-6-11(22)8-13(12)24-17(16)18(19,20)21/h3-8,22H,1-2H3. The van der Waals surface area contributed by atoms with Crippen molar-refractivity contribution in [2.75, 3.05) is 0 Å². The van der Waals surface area contributed by atoms with Crippen molar-refractivity contribution >= 4 is 11.0 Å². The third kappa shape index (κ3) is 3.05. The molecule has 130 valence electrons. The maximum atomic E-state index is 13.4. The molecule has 0 spiro atoms. The second-order valence-corrected chi connectivity index (χ2v) is 5.59. The lowest BCUT2D eigenvalue weighted by Crippen LogP contribution is -2.16. The quantitative estimate of drug-likeness (QED) is 0.712. The molecule has 1 aromatic heterocycles. The zero-order valence-corrected chi connectivity index (χ0v) is 13.3. The average Bonchev–Trinajstić information content (AvgIpc) is 2.51. The Hall–Kier alpha value is -2.96. The largest absolute Gasteiger partial charge is 0.508 e. The first-order valence-corrected chi connectivity index (χ1v) is 7.29. The fourth-order valence-electron chi connectivity index (χ4n) is 2.51. The molecule has 3 aromatic rings. The van der Waals surface area contributed by atoms with Crippen LogP contribution in [0.3, 0.4) is 0 Å². The van der Waals surface area contributed by atoms with Crippen molar-refractivity contribution in [3.8, 4) is 17.2 Å². The van der Waals surface area contributed by atoms with Gasteiger partial charge in [0.05, 0.1) is 5.39 Å². The molecule has 25 heavy (non-hydrogen) atoms. The van der Waals surface area contributed by atoms with Crippen molar-refractivity contribution in [1.29, 1.82) is 0 Å². The summed E-state index contributed by atoms with van der Waals surface area (Å²) in [6.07, 6.45) is -4.94. The molecule has 1 N–H and O–H groups in total. The van der Waals surface area contributed by atoms with Crippen LogP contribution in [0.2, 0.25) is 0 Å². The first kappa shape index (κ1) is 16.9. The Labute approximate surface area is 140 Å². The number of alkyl halides is 3. The van der Waals surface area contributed by atoms with Gasteiger partial charge in [0.1, 0.15) is 17.1 Å². The summed E-state index contributed by atoms with van der Waals surface area (Å²) in [5.74, 6) is -2.62. The summed E-state index contributed by atoms with van der Waals surface area (Å²) in [7, 11) is 0. The summed E-state index contributed by atoms with van der Waals surface area (Å²) in [6.45, 7) is 3.33. The molecule has 0 bridgehead atoms. The molecule has 7 heteroatoms. The van der Waals surface area contributed by atoms with Gasteiger partial charge >= 0.3 is 6.18 Å². The van der Waals surface area contributed by atoms with E-state index >= 15 is 0 Å². The summed E-state index contributed by atoms with van der Waals surface area (Å²) in [4.78, 5) is 12.6. The number of aryl methyl sites for hydroxylation is 2. The van der Waals surface area contributed by atoms with Gasteiger partial charge in [-0.05, 0) is 37.1 Å². The smallest absolute Gasteiger partial charge is 0.453 e. The molecule has 2 aromatic carbocycles. The van der Waals surface area contributed by atoms with E-state index in [2.05, 4.69) is 0 Å². The molecular formula is C18H13F3O4. The van der Waals surface area contributed by atoms with Crippen LogP contribution in [0.5, 0.6) is 17.2 Å². The van der Waals surface area contributed by atoms with Gasteiger partial charge in [0, 0.05) is 6.07 Å². The Morgan fingerprint density at radius 1 is 1.04 bits per heavy atom. The number of halogens is 3. The van der Waals surface area contributed by atoms with Gasteiger partial charge in [0.2, 0.25) is 11.2 Å². The number of aromatic hydroxyl groups is 1. The number of hydrogen-bond acceptors (Lipinski definition) is 4. The number of para-hydroxylation sites is 1. The van der Waals surface area contributed by atoms with Gasteiger partial charge < -0.3 is 14.3 Å². The van der Waals surface area contributed by atoms with Crippen LogP contribution in [0.4, 0.5) is 13.2 Å². The molecule has 0 saturated carbocycles. The van der Waals surface area contributed by atoms with Crippen LogP contribution in [-0.2, 0) is 6.18 Å². The minimum Gasteiger partial charge on any atom is -0.508 e. The van der Waals surface area contributed by atoms with Crippen molar-refractivity contribution in [3.63, 3.8) is 0 Å². The molecule has 3 rings (SSSR count). The Kier molecular flexibility index (Phi) is 3.94. The maximum Gasteiger partial charge on any atom is 0.453 e. The number of phenols is 1. The number of fused-ring (bicyclic) bond motifs is 1. The van der Waals surface area contributed by atoms with E-state index in [9.17, 15) is 23.1 Å². The Balaban J connectivity index is 2.31. The third-order valence-corrected chi connectivity index (χ3v) is 3.70. The van der Waals surface area contributed by atoms with Crippen molar-refractivity contribution < 1.29 is 27.4 Å². The zero-order chi connectivity index (χ0) is 18.4. The van der Waals surface area contributed by atoms with E-state index < -0.39 is 23.1 Å². The predicted molar refractivity (Wildman–Crippen MR) is 85.1 cm³/mol. The molecule has 0 amide bonds. The van der Waals surface area contributed by atoms with Gasteiger partial charge in [-0.15, -0.1) is 0 Å². The second-order valence-electron chi connectivity index (χ2n) is 5.59. The number of rotatable bonds is 2. The molecule has 0 aliphatic carbocycles. The minimum atomic E-state index is -4.94. The van der Waals surface area contributed by atoms with Gasteiger partial charge in [-0.1, -0.05) is 18.2 Å². The lowest BCUT2D eigenvalue weighted by Gasteiger charge is -2.15. The van der Waals surface area contributed by atoms with Crippen LogP contribution in [0, 0.1) is 13.8 Å². The lowest BCUT2D eigenvalue weighted by molar-refractivity contribution is -0.154. The molecule has 0 saturated heterocycles. The Morgan fingerprint density at radius 2 is 1.68 bits per heavy atom. The van der Waals surface area contributed by atoms with Crippen LogP contribution in [0.1, 0.15) is 16.9 Å². The van der Waals surface area contributed by atoms with E-state index in [1.165, 1.54) is 12.1 Å². The lowest BCUT2D eigenvalue weighted by atomic mass is 10.1. The predicted octanol–water partition coefficient (Wildman–Crippen LogP) is 4.93.